The zero-order valence-electron chi connectivity index (χ0n) is 13.6. The van der Waals surface area contributed by atoms with Gasteiger partial charge in [0.25, 0.3) is 0 Å². The fraction of sp³-hybridized carbons (Fsp3) is 0.316. The van der Waals surface area contributed by atoms with Gasteiger partial charge < -0.3 is 9.64 Å². The molecule has 0 amide bonds. The third-order valence-corrected chi connectivity index (χ3v) is 5.55. The van der Waals surface area contributed by atoms with Crippen molar-refractivity contribution in [2.45, 2.75) is 26.4 Å². The van der Waals surface area contributed by atoms with Crippen molar-refractivity contribution in [2.75, 3.05) is 18.0 Å². The molecular formula is C19H19ClN2OS. The third kappa shape index (κ3) is 3.21. The molecule has 2 aromatic heterocycles. The number of rotatable bonds is 4. The van der Waals surface area contributed by atoms with Gasteiger partial charge in [-0.1, -0.05) is 11.6 Å². The molecule has 3 nitrogen and oxygen atoms in total. The van der Waals surface area contributed by atoms with Crippen molar-refractivity contribution >= 4 is 39.5 Å². The second-order valence-corrected chi connectivity index (χ2v) is 7.95. The van der Waals surface area contributed by atoms with Gasteiger partial charge in [0, 0.05) is 40.8 Å². The van der Waals surface area contributed by atoms with Gasteiger partial charge >= 0.3 is 0 Å². The maximum absolute atomic E-state index is 5.97. The molecule has 0 unspecified atom stereocenters. The van der Waals surface area contributed by atoms with E-state index in [1.54, 1.807) is 11.3 Å². The Balaban J connectivity index is 1.62. The number of benzene rings is 1. The zero-order valence-corrected chi connectivity index (χ0v) is 15.2. The predicted molar refractivity (Wildman–Crippen MR) is 102 cm³/mol. The van der Waals surface area contributed by atoms with Crippen molar-refractivity contribution in [3.05, 3.63) is 51.3 Å². The van der Waals surface area contributed by atoms with Gasteiger partial charge in [0.05, 0.1) is 9.85 Å². The number of fused-ring (bicyclic) bond motifs is 1. The fourth-order valence-electron chi connectivity index (χ4n) is 3.21. The van der Waals surface area contributed by atoms with Gasteiger partial charge in [-0.15, -0.1) is 11.3 Å². The third-order valence-electron chi connectivity index (χ3n) is 4.34. The van der Waals surface area contributed by atoms with Crippen molar-refractivity contribution in [3.63, 3.8) is 0 Å². The molecule has 0 radical (unpaired) electrons. The van der Waals surface area contributed by atoms with Crippen LogP contribution in [0.2, 0.25) is 4.34 Å². The Morgan fingerprint density at radius 1 is 1.17 bits per heavy atom. The van der Waals surface area contributed by atoms with Crippen LogP contribution in [0.4, 0.5) is 5.69 Å². The second kappa shape index (κ2) is 6.61. The average molecular weight is 359 g/mol. The normalized spacial score (nSPS) is 14.5. The van der Waals surface area contributed by atoms with Gasteiger partial charge in [0.2, 0.25) is 0 Å². The summed E-state index contributed by atoms with van der Waals surface area (Å²) in [5.41, 5.74) is 3.34. The highest BCUT2D eigenvalue weighted by atomic mass is 35.5. The minimum Gasteiger partial charge on any atom is -0.488 e. The van der Waals surface area contributed by atoms with E-state index in [0.29, 0.717) is 6.61 Å². The largest absolute Gasteiger partial charge is 0.488 e. The van der Waals surface area contributed by atoms with Crippen molar-refractivity contribution in [3.8, 4) is 5.75 Å². The first-order valence-electron chi connectivity index (χ1n) is 8.22. The summed E-state index contributed by atoms with van der Waals surface area (Å²) in [5.74, 6) is 0.845. The smallest absolute Gasteiger partial charge is 0.122 e. The number of anilines is 1. The molecule has 1 aliphatic rings. The molecule has 1 aliphatic heterocycles. The highest BCUT2D eigenvalue weighted by Gasteiger charge is 2.16. The van der Waals surface area contributed by atoms with Crippen LogP contribution in [0, 0.1) is 6.92 Å². The van der Waals surface area contributed by atoms with E-state index in [-0.39, 0.29) is 0 Å². The number of aryl methyl sites for hydroxylation is 1. The SMILES string of the molecule is Cc1cc(N2CCCC2)c2ccc(OCc3ccc(Cl)s3)cc2n1. The van der Waals surface area contributed by atoms with Crippen LogP contribution in [0.5, 0.6) is 5.75 Å². The van der Waals surface area contributed by atoms with E-state index < -0.39 is 0 Å². The van der Waals surface area contributed by atoms with E-state index >= 15 is 0 Å². The highest BCUT2D eigenvalue weighted by molar-refractivity contribution is 7.16. The van der Waals surface area contributed by atoms with Crippen molar-refractivity contribution in [1.29, 1.82) is 0 Å². The maximum atomic E-state index is 5.97. The number of hydrogen-bond acceptors (Lipinski definition) is 4. The number of aromatic nitrogens is 1. The monoisotopic (exact) mass is 358 g/mol. The molecule has 0 aliphatic carbocycles. The summed E-state index contributed by atoms with van der Waals surface area (Å²) in [6.45, 7) is 4.86. The molecule has 3 aromatic rings. The van der Waals surface area contributed by atoms with Gasteiger partial charge in [-0.2, -0.15) is 0 Å². The molecule has 0 N–H and O–H groups in total. The topological polar surface area (TPSA) is 25.4 Å². The van der Waals surface area contributed by atoms with E-state index in [1.165, 1.54) is 23.9 Å². The van der Waals surface area contributed by atoms with E-state index in [9.17, 15) is 0 Å². The van der Waals surface area contributed by atoms with Crippen LogP contribution in [0.15, 0.2) is 36.4 Å². The molecule has 5 heteroatoms. The van der Waals surface area contributed by atoms with Crippen molar-refractivity contribution < 1.29 is 4.74 Å². The Bertz CT molecular complexity index is 871. The molecular weight excluding hydrogens is 340 g/mol. The standard InChI is InChI=1S/C19H19ClN2OS/c1-13-10-18(22-8-2-3-9-22)16-6-4-14(11-17(16)21-13)23-12-15-5-7-19(20)24-15/h4-7,10-11H,2-3,8-9,12H2,1H3. The fourth-order valence-corrected chi connectivity index (χ4v) is 4.21. The Labute approximate surface area is 150 Å². The molecule has 0 spiro atoms. The quantitative estimate of drug-likeness (QED) is 0.621. The van der Waals surface area contributed by atoms with Crippen molar-refractivity contribution in [2.24, 2.45) is 0 Å². The van der Waals surface area contributed by atoms with Gasteiger partial charge in [-0.25, -0.2) is 0 Å². The lowest BCUT2D eigenvalue weighted by atomic mass is 10.1. The molecule has 1 saturated heterocycles. The van der Waals surface area contributed by atoms with E-state index in [2.05, 4.69) is 24.0 Å². The first kappa shape index (κ1) is 15.7. The summed E-state index contributed by atoms with van der Waals surface area (Å²) in [7, 11) is 0. The summed E-state index contributed by atoms with van der Waals surface area (Å²) in [6.07, 6.45) is 2.54. The first-order valence-corrected chi connectivity index (χ1v) is 9.42. The summed E-state index contributed by atoms with van der Waals surface area (Å²) < 4.78 is 6.71. The van der Waals surface area contributed by atoms with Crippen LogP contribution in [0.25, 0.3) is 10.9 Å². The number of hydrogen-bond donors (Lipinski definition) is 0. The van der Waals surface area contributed by atoms with Crippen LogP contribution >= 0.6 is 22.9 Å². The molecule has 4 rings (SSSR count). The molecule has 0 atom stereocenters. The minimum atomic E-state index is 0.535. The Kier molecular flexibility index (Phi) is 4.33. The number of nitrogens with zero attached hydrogens (tertiary/aromatic N) is 2. The maximum Gasteiger partial charge on any atom is 0.122 e. The van der Waals surface area contributed by atoms with E-state index in [1.807, 2.05) is 24.3 Å². The Morgan fingerprint density at radius 3 is 2.75 bits per heavy atom. The Morgan fingerprint density at radius 2 is 2.00 bits per heavy atom. The lowest BCUT2D eigenvalue weighted by Gasteiger charge is -2.20. The molecule has 24 heavy (non-hydrogen) atoms. The van der Waals surface area contributed by atoms with Gasteiger partial charge in [0.15, 0.2) is 0 Å². The molecule has 124 valence electrons. The summed E-state index contributed by atoms with van der Waals surface area (Å²) in [6, 6.07) is 12.3. The van der Waals surface area contributed by atoms with Crippen LogP contribution < -0.4 is 9.64 Å². The second-order valence-electron chi connectivity index (χ2n) is 6.15. The van der Waals surface area contributed by atoms with Crippen LogP contribution in [0.3, 0.4) is 0 Å². The zero-order chi connectivity index (χ0) is 16.5. The number of ether oxygens (including phenoxy) is 1. The lowest BCUT2D eigenvalue weighted by molar-refractivity contribution is 0.310. The average Bonchev–Trinajstić information content (AvgIpc) is 3.23. The molecule has 1 fully saturated rings. The van der Waals surface area contributed by atoms with Gasteiger partial charge in [0.1, 0.15) is 12.4 Å². The molecule has 0 saturated carbocycles. The van der Waals surface area contributed by atoms with E-state index in [4.69, 9.17) is 21.3 Å². The van der Waals surface area contributed by atoms with Crippen LogP contribution in [0.1, 0.15) is 23.4 Å². The predicted octanol–water partition coefficient (Wildman–Crippen LogP) is 5.44. The molecule has 1 aromatic carbocycles. The van der Waals surface area contributed by atoms with Gasteiger partial charge in [-0.3, -0.25) is 4.98 Å². The van der Waals surface area contributed by atoms with Crippen LogP contribution in [-0.4, -0.2) is 18.1 Å². The summed E-state index contributed by atoms with van der Waals surface area (Å²) >= 11 is 7.52. The van der Waals surface area contributed by atoms with E-state index in [0.717, 1.165) is 39.3 Å². The lowest BCUT2D eigenvalue weighted by Crippen LogP contribution is -2.18. The minimum absolute atomic E-state index is 0.535. The number of thiophene rings is 1. The van der Waals surface area contributed by atoms with Crippen LogP contribution in [-0.2, 0) is 6.61 Å². The highest BCUT2D eigenvalue weighted by Crippen LogP contribution is 2.32. The molecule has 3 heterocycles. The first-order chi connectivity index (χ1) is 11.7. The summed E-state index contributed by atoms with van der Waals surface area (Å²) in [4.78, 5) is 8.29. The molecule has 0 bridgehead atoms. The number of halogens is 1. The summed E-state index contributed by atoms with van der Waals surface area (Å²) in [5, 5.41) is 1.20. The van der Waals surface area contributed by atoms with Crippen molar-refractivity contribution in [1.82, 2.24) is 4.98 Å². The Hall–Kier alpha value is -1.78. The van der Waals surface area contributed by atoms with Gasteiger partial charge in [-0.05, 0) is 50.1 Å². The number of pyridine rings is 1.